The van der Waals surface area contributed by atoms with Gasteiger partial charge in [0.05, 0.1) is 19.1 Å². The number of allylic oxidation sites excluding steroid dienone is 2. The van der Waals surface area contributed by atoms with Crippen LogP contribution in [0.2, 0.25) is 5.02 Å². The van der Waals surface area contributed by atoms with Gasteiger partial charge in [0.2, 0.25) is 9.84 Å². The molecule has 3 aromatic rings. The van der Waals surface area contributed by atoms with Crippen molar-refractivity contribution in [3.8, 4) is 11.5 Å². The zero-order valence-corrected chi connectivity index (χ0v) is 20.9. The predicted molar refractivity (Wildman–Crippen MR) is 137 cm³/mol. The summed E-state index contributed by atoms with van der Waals surface area (Å²) in [6.45, 7) is 0.538. The number of fused-ring (bicyclic) bond motifs is 3. The lowest BCUT2D eigenvalue weighted by Gasteiger charge is -2.39. The van der Waals surface area contributed by atoms with Gasteiger partial charge in [-0.25, -0.2) is 8.42 Å². The van der Waals surface area contributed by atoms with E-state index < -0.39 is 15.8 Å². The Bertz CT molecular complexity index is 1470. The van der Waals surface area contributed by atoms with E-state index in [9.17, 15) is 8.42 Å². The minimum atomic E-state index is -3.94. The van der Waals surface area contributed by atoms with Crippen LogP contribution < -0.4 is 15.2 Å². The van der Waals surface area contributed by atoms with Crippen molar-refractivity contribution < 1.29 is 17.9 Å². The van der Waals surface area contributed by atoms with Gasteiger partial charge < -0.3 is 20.1 Å². The Hall–Kier alpha value is -3.42. The first kappa shape index (κ1) is 23.3. The minimum absolute atomic E-state index is 0.115. The SMILES string of the molecule is COc1cc2c(cc1OC)C1=CC(c3ccccc3)C(S(=O)(=O)c3cccc(Cl)c3)=C(N)N1CC2. The van der Waals surface area contributed by atoms with E-state index in [4.69, 9.17) is 26.8 Å². The Morgan fingerprint density at radius 2 is 1.69 bits per heavy atom. The highest BCUT2D eigenvalue weighted by Crippen LogP contribution is 2.46. The second-order valence-electron chi connectivity index (χ2n) is 8.42. The number of rotatable bonds is 5. The van der Waals surface area contributed by atoms with Gasteiger partial charge in [0.25, 0.3) is 0 Å². The minimum Gasteiger partial charge on any atom is -0.493 e. The second kappa shape index (κ2) is 8.98. The fourth-order valence-corrected chi connectivity index (χ4v) is 6.77. The molecule has 2 aliphatic rings. The highest BCUT2D eigenvalue weighted by atomic mass is 35.5. The maximum atomic E-state index is 13.9. The molecule has 2 heterocycles. The summed E-state index contributed by atoms with van der Waals surface area (Å²) in [5, 5.41) is 0.349. The first-order chi connectivity index (χ1) is 16.8. The van der Waals surface area contributed by atoms with Gasteiger partial charge in [0.1, 0.15) is 10.7 Å². The number of halogens is 1. The van der Waals surface area contributed by atoms with E-state index in [1.807, 2.05) is 53.4 Å². The highest BCUT2D eigenvalue weighted by Gasteiger charge is 2.39. The average molecular weight is 509 g/mol. The van der Waals surface area contributed by atoms with E-state index in [0.29, 0.717) is 29.5 Å². The number of ether oxygens (including phenoxy) is 2. The molecule has 180 valence electrons. The zero-order chi connectivity index (χ0) is 24.7. The summed E-state index contributed by atoms with van der Waals surface area (Å²) in [6, 6.07) is 19.7. The Morgan fingerprint density at radius 1 is 0.971 bits per heavy atom. The molecular formula is C27H25ClN2O4S. The summed E-state index contributed by atoms with van der Waals surface area (Å²) in [6.07, 6.45) is 2.65. The van der Waals surface area contributed by atoms with Gasteiger partial charge in [-0.3, -0.25) is 0 Å². The molecule has 2 N–H and O–H groups in total. The van der Waals surface area contributed by atoms with Crippen molar-refractivity contribution in [2.45, 2.75) is 17.2 Å². The summed E-state index contributed by atoms with van der Waals surface area (Å²) < 4.78 is 38.9. The number of benzene rings is 3. The van der Waals surface area contributed by atoms with E-state index in [1.54, 1.807) is 32.4 Å². The zero-order valence-electron chi connectivity index (χ0n) is 19.4. The standard InChI is InChI=1S/C27H25ClN2O4S/c1-33-24-13-18-11-12-30-23(21(18)16-25(24)34-2)15-22(17-7-4-3-5-8-17)26(27(30)29)35(31,32)20-10-6-9-19(28)14-20/h3-10,13-16,22H,11-12,29H2,1-2H3. The summed E-state index contributed by atoms with van der Waals surface area (Å²) in [5.41, 5.74) is 10.4. The van der Waals surface area contributed by atoms with Crippen LogP contribution in [0.5, 0.6) is 11.5 Å². The summed E-state index contributed by atoms with van der Waals surface area (Å²) in [7, 11) is -0.740. The van der Waals surface area contributed by atoms with Crippen molar-refractivity contribution in [1.82, 2.24) is 4.90 Å². The molecule has 2 aliphatic heterocycles. The Balaban J connectivity index is 1.73. The summed E-state index contributed by atoms with van der Waals surface area (Å²) in [5.74, 6) is 0.899. The maximum absolute atomic E-state index is 13.9. The van der Waals surface area contributed by atoms with Gasteiger partial charge in [0, 0.05) is 28.7 Å². The van der Waals surface area contributed by atoms with Gasteiger partial charge in [-0.1, -0.05) is 48.0 Å². The summed E-state index contributed by atoms with van der Waals surface area (Å²) >= 11 is 6.14. The molecule has 0 aliphatic carbocycles. The first-order valence-electron chi connectivity index (χ1n) is 11.1. The third-order valence-electron chi connectivity index (χ3n) is 6.49. The number of hydrogen-bond acceptors (Lipinski definition) is 6. The van der Waals surface area contributed by atoms with Crippen LogP contribution in [0, 0.1) is 0 Å². The van der Waals surface area contributed by atoms with Crippen LogP contribution in [-0.2, 0) is 16.3 Å². The van der Waals surface area contributed by atoms with Crippen LogP contribution in [0.4, 0.5) is 0 Å². The van der Waals surface area contributed by atoms with Crippen LogP contribution >= 0.6 is 11.6 Å². The van der Waals surface area contributed by atoms with Crippen LogP contribution in [0.15, 0.2) is 88.4 Å². The number of methoxy groups -OCH3 is 2. The molecule has 1 atom stereocenters. The van der Waals surface area contributed by atoms with E-state index in [2.05, 4.69) is 0 Å². The van der Waals surface area contributed by atoms with Crippen molar-refractivity contribution in [3.63, 3.8) is 0 Å². The fraction of sp³-hybridized carbons (Fsp3) is 0.185. The molecule has 0 amide bonds. The molecule has 0 radical (unpaired) electrons. The molecule has 3 aromatic carbocycles. The lowest BCUT2D eigenvalue weighted by Crippen LogP contribution is -2.38. The van der Waals surface area contributed by atoms with Crippen molar-refractivity contribution >= 4 is 27.1 Å². The molecule has 35 heavy (non-hydrogen) atoms. The van der Waals surface area contributed by atoms with E-state index >= 15 is 0 Å². The third-order valence-corrected chi connectivity index (χ3v) is 8.64. The lowest BCUT2D eigenvalue weighted by molar-refractivity contribution is 0.353. The smallest absolute Gasteiger partial charge is 0.207 e. The quantitative estimate of drug-likeness (QED) is 0.525. The van der Waals surface area contributed by atoms with Gasteiger partial charge in [-0.15, -0.1) is 0 Å². The van der Waals surface area contributed by atoms with Crippen molar-refractivity contribution in [2.24, 2.45) is 5.73 Å². The van der Waals surface area contributed by atoms with E-state index in [-0.39, 0.29) is 15.6 Å². The number of nitrogens with two attached hydrogens (primary N) is 1. The number of sulfone groups is 1. The lowest BCUT2D eigenvalue weighted by atomic mass is 9.88. The fourth-order valence-electron chi connectivity index (χ4n) is 4.79. The highest BCUT2D eigenvalue weighted by molar-refractivity contribution is 7.95. The predicted octanol–water partition coefficient (Wildman–Crippen LogP) is 4.96. The molecule has 0 saturated heterocycles. The van der Waals surface area contributed by atoms with Crippen molar-refractivity contribution in [1.29, 1.82) is 0 Å². The molecule has 0 saturated carbocycles. The molecule has 5 rings (SSSR count). The molecule has 8 heteroatoms. The largest absolute Gasteiger partial charge is 0.493 e. The molecule has 0 bridgehead atoms. The van der Waals surface area contributed by atoms with E-state index in [0.717, 1.165) is 22.4 Å². The molecular weight excluding hydrogens is 484 g/mol. The van der Waals surface area contributed by atoms with Crippen LogP contribution in [-0.4, -0.2) is 34.1 Å². The Kier molecular flexibility index (Phi) is 5.99. The van der Waals surface area contributed by atoms with Crippen LogP contribution in [0.1, 0.15) is 22.6 Å². The molecule has 0 fully saturated rings. The number of nitrogens with zero attached hydrogens (tertiary/aromatic N) is 1. The van der Waals surface area contributed by atoms with Crippen LogP contribution in [0.25, 0.3) is 5.70 Å². The molecule has 1 unspecified atom stereocenters. The normalized spacial score (nSPS) is 17.4. The molecule has 0 spiro atoms. The van der Waals surface area contributed by atoms with Gasteiger partial charge in [-0.2, -0.15) is 0 Å². The summed E-state index contributed by atoms with van der Waals surface area (Å²) in [4.78, 5) is 2.15. The van der Waals surface area contributed by atoms with Crippen LogP contribution in [0.3, 0.4) is 0 Å². The Labute approximate surface area is 210 Å². The van der Waals surface area contributed by atoms with Gasteiger partial charge >= 0.3 is 0 Å². The monoisotopic (exact) mass is 508 g/mol. The topological polar surface area (TPSA) is 81.9 Å². The molecule has 6 nitrogen and oxygen atoms in total. The maximum Gasteiger partial charge on any atom is 0.207 e. The average Bonchev–Trinajstić information content (AvgIpc) is 2.87. The van der Waals surface area contributed by atoms with Crippen molar-refractivity contribution in [3.05, 3.63) is 105 Å². The first-order valence-corrected chi connectivity index (χ1v) is 13.0. The number of hydrogen-bond donors (Lipinski definition) is 1. The van der Waals surface area contributed by atoms with Gasteiger partial charge in [-0.05, 0) is 54.0 Å². The van der Waals surface area contributed by atoms with E-state index in [1.165, 1.54) is 6.07 Å². The van der Waals surface area contributed by atoms with Crippen molar-refractivity contribution in [2.75, 3.05) is 20.8 Å². The molecule has 0 aromatic heterocycles. The third kappa shape index (κ3) is 3.94. The van der Waals surface area contributed by atoms with Gasteiger partial charge in [0.15, 0.2) is 11.5 Å². The Morgan fingerprint density at radius 3 is 2.37 bits per heavy atom. The second-order valence-corrected chi connectivity index (χ2v) is 10.8.